The zero-order chi connectivity index (χ0) is 14.4. The van der Waals surface area contributed by atoms with E-state index in [2.05, 4.69) is 5.16 Å². The zero-order valence-electron chi connectivity index (χ0n) is 11.2. The summed E-state index contributed by atoms with van der Waals surface area (Å²) in [4.78, 5) is 14.4. The van der Waals surface area contributed by atoms with Crippen LogP contribution in [0.4, 0.5) is 5.69 Å². The molecule has 1 fully saturated rings. The number of oxime groups is 1. The Balaban J connectivity index is 2.13. The van der Waals surface area contributed by atoms with Gasteiger partial charge in [-0.15, -0.1) is 0 Å². The third-order valence-corrected chi connectivity index (χ3v) is 4.50. The van der Waals surface area contributed by atoms with E-state index in [0.29, 0.717) is 13.0 Å². The lowest BCUT2D eigenvalue weighted by Crippen LogP contribution is -2.38. The molecule has 0 aliphatic carbocycles. The molecule has 5 nitrogen and oxygen atoms in total. The molecule has 0 aromatic heterocycles. The van der Waals surface area contributed by atoms with Gasteiger partial charge in [0.25, 0.3) is 0 Å². The molecule has 1 heterocycles. The first kappa shape index (κ1) is 14.7. The third-order valence-electron chi connectivity index (χ3n) is 3.33. The number of benzene rings is 1. The second kappa shape index (κ2) is 7.19. The molecular weight excluding hydrogens is 274 g/mol. The van der Waals surface area contributed by atoms with Gasteiger partial charge in [0.15, 0.2) is 0 Å². The van der Waals surface area contributed by atoms with Crippen LogP contribution in [0.25, 0.3) is 0 Å². The van der Waals surface area contributed by atoms with Crippen LogP contribution >= 0.6 is 11.8 Å². The van der Waals surface area contributed by atoms with E-state index in [1.807, 2.05) is 42.1 Å². The molecule has 20 heavy (non-hydrogen) atoms. The molecular formula is C14H19N3O2S. The average molecular weight is 293 g/mol. The molecule has 2 rings (SSSR count). The topological polar surface area (TPSA) is 78.9 Å². The van der Waals surface area contributed by atoms with Gasteiger partial charge in [-0.2, -0.15) is 11.8 Å². The Morgan fingerprint density at radius 3 is 2.80 bits per heavy atom. The van der Waals surface area contributed by atoms with Gasteiger partial charge in [0.05, 0.1) is 0 Å². The number of thioether (sulfide) groups is 1. The second-order valence-corrected chi connectivity index (χ2v) is 5.88. The second-order valence-electron chi connectivity index (χ2n) is 4.73. The monoisotopic (exact) mass is 293 g/mol. The van der Waals surface area contributed by atoms with E-state index in [-0.39, 0.29) is 17.7 Å². The first-order chi connectivity index (χ1) is 9.72. The molecule has 0 saturated carbocycles. The molecule has 1 aromatic rings. The Labute approximate surface area is 122 Å². The minimum atomic E-state index is 0.0764. The van der Waals surface area contributed by atoms with Crippen LogP contribution in [0.1, 0.15) is 12.8 Å². The quantitative estimate of drug-likeness (QED) is 0.376. The van der Waals surface area contributed by atoms with Crippen LogP contribution in [-0.4, -0.2) is 35.0 Å². The number of nitrogens with two attached hydrogens (primary N) is 1. The van der Waals surface area contributed by atoms with Crippen molar-refractivity contribution < 1.29 is 10.0 Å². The molecule has 108 valence electrons. The largest absolute Gasteiger partial charge is 0.409 e. The van der Waals surface area contributed by atoms with Crippen molar-refractivity contribution >= 4 is 29.2 Å². The SMILES string of the molecule is NC(CCN(C(=O)C1CCSC1)c1ccccc1)=NO. The lowest BCUT2D eigenvalue weighted by Gasteiger charge is -2.25. The molecule has 1 atom stereocenters. The van der Waals surface area contributed by atoms with Crippen molar-refractivity contribution in [2.75, 3.05) is 23.0 Å². The minimum absolute atomic E-state index is 0.0764. The molecule has 3 N–H and O–H groups in total. The molecule has 0 spiro atoms. The number of amides is 1. The number of amidine groups is 1. The van der Waals surface area contributed by atoms with Crippen LogP contribution in [0.5, 0.6) is 0 Å². The maximum Gasteiger partial charge on any atom is 0.230 e. The molecule has 0 radical (unpaired) electrons. The molecule has 1 saturated heterocycles. The van der Waals surface area contributed by atoms with E-state index >= 15 is 0 Å². The maximum absolute atomic E-state index is 12.6. The average Bonchev–Trinajstić information content (AvgIpc) is 3.02. The lowest BCUT2D eigenvalue weighted by molar-refractivity contribution is -0.121. The Morgan fingerprint density at radius 2 is 2.20 bits per heavy atom. The lowest BCUT2D eigenvalue weighted by atomic mass is 10.1. The number of carbonyl (C=O) groups excluding carboxylic acids is 1. The number of rotatable bonds is 5. The molecule has 1 aliphatic heterocycles. The van der Waals surface area contributed by atoms with Crippen molar-refractivity contribution in [1.29, 1.82) is 0 Å². The highest BCUT2D eigenvalue weighted by molar-refractivity contribution is 7.99. The molecule has 1 aromatic carbocycles. The number of carbonyl (C=O) groups is 1. The Hall–Kier alpha value is -1.69. The number of anilines is 1. The van der Waals surface area contributed by atoms with Crippen molar-refractivity contribution in [2.24, 2.45) is 16.8 Å². The smallest absolute Gasteiger partial charge is 0.230 e. The highest BCUT2D eigenvalue weighted by Gasteiger charge is 2.28. The molecule has 1 unspecified atom stereocenters. The summed E-state index contributed by atoms with van der Waals surface area (Å²) in [6.45, 7) is 0.430. The van der Waals surface area contributed by atoms with Gasteiger partial charge in [-0.05, 0) is 24.3 Å². The predicted octanol–water partition coefficient (Wildman–Crippen LogP) is 1.91. The number of para-hydroxylation sites is 1. The number of hydrogen-bond donors (Lipinski definition) is 2. The summed E-state index contributed by atoms with van der Waals surface area (Å²) in [6, 6.07) is 9.55. The van der Waals surface area contributed by atoms with Crippen molar-refractivity contribution in [2.45, 2.75) is 12.8 Å². The van der Waals surface area contributed by atoms with E-state index in [1.54, 1.807) is 4.90 Å². The number of hydrogen-bond acceptors (Lipinski definition) is 4. The molecule has 1 amide bonds. The fourth-order valence-corrected chi connectivity index (χ4v) is 3.41. The minimum Gasteiger partial charge on any atom is -0.409 e. The van der Waals surface area contributed by atoms with Gasteiger partial charge < -0.3 is 15.8 Å². The van der Waals surface area contributed by atoms with E-state index in [1.165, 1.54) is 0 Å². The third kappa shape index (κ3) is 3.66. The van der Waals surface area contributed by atoms with Crippen molar-refractivity contribution in [1.82, 2.24) is 0 Å². The summed E-state index contributed by atoms with van der Waals surface area (Å²) in [5, 5.41) is 11.6. The fraction of sp³-hybridized carbons (Fsp3) is 0.429. The van der Waals surface area contributed by atoms with Crippen LogP contribution in [0.2, 0.25) is 0 Å². The van der Waals surface area contributed by atoms with Crippen molar-refractivity contribution in [3.8, 4) is 0 Å². The van der Waals surface area contributed by atoms with Gasteiger partial charge in [-0.25, -0.2) is 0 Å². The van der Waals surface area contributed by atoms with Gasteiger partial charge in [-0.1, -0.05) is 23.4 Å². The van der Waals surface area contributed by atoms with Gasteiger partial charge >= 0.3 is 0 Å². The summed E-state index contributed by atoms with van der Waals surface area (Å²) in [5.41, 5.74) is 6.37. The highest BCUT2D eigenvalue weighted by Crippen LogP contribution is 2.27. The van der Waals surface area contributed by atoms with Gasteiger partial charge in [0.1, 0.15) is 5.84 Å². The van der Waals surface area contributed by atoms with E-state index < -0.39 is 0 Å². The molecule has 1 aliphatic rings. The van der Waals surface area contributed by atoms with Gasteiger partial charge in [0, 0.05) is 30.3 Å². The fourth-order valence-electron chi connectivity index (χ4n) is 2.20. The van der Waals surface area contributed by atoms with Crippen LogP contribution in [-0.2, 0) is 4.79 Å². The summed E-state index contributed by atoms with van der Waals surface area (Å²) >= 11 is 1.82. The molecule has 6 heteroatoms. The van der Waals surface area contributed by atoms with E-state index in [0.717, 1.165) is 23.6 Å². The number of nitrogens with zero attached hydrogens (tertiary/aromatic N) is 2. The Kier molecular flexibility index (Phi) is 5.29. The van der Waals surface area contributed by atoms with Gasteiger partial charge in [0.2, 0.25) is 5.91 Å². The van der Waals surface area contributed by atoms with Crippen LogP contribution < -0.4 is 10.6 Å². The summed E-state index contributed by atoms with van der Waals surface area (Å²) in [6.07, 6.45) is 1.29. The van der Waals surface area contributed by atoms with Crippen molar-refractivity contribution in [3.05, 3.63) is 30.3 Å². The standard InChI is InChI=1S/C14H19N3O2S/c15-13(16-19)6-8-17(12-4-2-1-3-5-12)14(18)11-7-9-20-10-11/h1-5,11,19H,6-10H2,(H2,15,16). The maximum atomic E-state index is 12.6. The normalized spacial score (nSPS) is 19.0. The zero-order valence-corrected chi connectivity index (χ0v) is 12.1. The Bertz CT molecular complexity index is 473. The van der Waals surface area contributed by atoms with Crippen LogP contribution in [0, 0.1) is 5.92 Å². The van der Waals surface area contributed by atoms with Crippen molar-refractivity contribution in [3.63, 3.8) is 0 Å². The van der Waals surface area contributed by atoms with Crippen LogP contribution in [0.15, 0.2) is 35.5 Å². The van der Waals surface area contributed by atoms with Gasteiger partial charge in [-0.3, -0.25) is 4.79 Å². The molecule has 0 bridgehead atoms. The predicted molar refractivity (Wildman–Crippen MR) is 82.3 cm³/mol. The van der Waals surface area contributed by atoms with Crippen LogP contribution in [0.3, 0.4) is 0 Å². The summed E-state index contributed by atoms with van der Waals surface area (Å²) in [7, 11) is 0. The first-order valence-electron chi connectivity index (χ1n) is 6.63. The van der Waals surface area contributed by atoms with E-state index in [4.69, 9.17) is 10.9 Å². The summed E-state index contributed by atoms with van der Waals surface area (Å²) in [5.74, 6) is 2.27. The first-order valence-corrected chi connectivity index (χ1v) is 7.78. The Morgan fingerprint density at radius 1 is 1.45 bits per heavy atom. The summed E-state index contributed by atoms with van der Waals surface area (Å²) < 4.78 is 0. The highest BCUT2D eigenvalue weighted by atomic mass is 32.2. The van der Waals surface area contributed by atoms with E-state index in [9.17, 15) is 4.79 Å².